The predicted molar refractivity (Wildman–Crippen MR) is 86.8 cm³/mol. The van der Waals surface area contributed by atoms with Gasteiger partial charge in [0.2, 0.25) is 0 Å². The molecule has 0 aliphatic rings. The van der Waals surface area contributed by atoms with Crippen LogP contribution in [0.3, 0.4) is 0 Å². The smallest absolute Gasteiger partial charge is 0.274 e. The Morgan fingerprint density at radius 2 is 1.96 bits per heavy atom. The highest BCUT2D eigenvalue weighted by Gasteiger charge is 2.17. The fourth-order valence-electron chi connectivity index (χ4n) is 2.14. The van der Waals surface area contributed by atoms with Crippen LogP contribution >= 0.6 is 11.3 Å². The number of carbonyl (C=O) groups excluding carboxylic acids is 1. The van der Waals surface area contributed by atoms with Gasteiger partial charge in [0, 0.05) is 49.7 Å². The van der Waals surface area contributed by atoms with E-state index in [4.69, 9.17) is 0 Å². The molecule has 0 unspecified atom stereocenters. The molecule has 0 saturated heterocycles. The van der Waals surface area contributed by atoms with Crippen molar-refractivity contribution in [3.63, 3.8) is 0 Å². The molecule has 3 aromatic heterocycles. The lowest BCUT2D eigenvalue weighted by atomic mass is 10.2. The van der Waals surface area contributed by atoms with Gasteiger partial charge in [0.15, 0.2) is 0 Å². The molecule has 0 aromatic carbocycles. The second kappa shape index (κ2) is 7.55. The second-order valence-corrected chi connectivity index (χ2v) is 5.62. The summed E-state index contributed by atoms with van der Waals surface area (Å²) in [5.41, 5.74) is 4.16. The van der Waals surface area contributed by atoms with E-state index in [9.17, 15) is 4.79 Å². The SMILES string of the molecule is O=C(c1cnccn1)N(CCc1cscn1)Cc1ccncc1. The molecule has 0 saturated carbocycles. The fraction of sp³-hybridized carbons (Fsp3) is 0.188. The zero-order valence-corrected chi connectivity index (χ0v) is 13.2. The Bertz CT molecular complexity index is 734. The summed E-state index contributed by atoms with van der Waals surface area (Å²) in [6, 6.07) is 3.81. The normalized spacial score (nSPS) is 10.4. The molecule has 0 radical (unpaired) electrons. The molecule has 3 aromatic rings. The molecule has 0 spiro atoms. The highest BCUT2D eigenvalue weighted by Crippen LogP contribution is 2.10. The quantitative estimate of drug-likeness (QED) is 0.695. The van der Waals surface area contributed by atoms with Gasteiger partial charge in [0.05, 0.1) is 17.4 Å². The molecule has 7 heteroatoms. The van der Waals surface area contributed by atoms with E-state index < -0.39 is 0 Å². The second-order valence-electron chi connectivity index (χ2n) is 4.90. The average molecular weight is 325 g/mol. The van der Waals surface area contributed by atoms with E-state index in [1.165, 1.54) is 12.4 Å². The number of thiazole rings is 1. The summed E-state index contributed by atoms with van der Waals surface area (Å²) in [5, 5.41) is 2.00. The minimum atomic E-state index is -0.134. The molecular formula is C16H15N5OS. The molecule has 0 aliphatic heterocycles. The van der Waals surface area contributed by atoms with Crippen molar-refractivity contribution < 1.29 is 4.79 Å². The Balaban J connectivity index is 1.76. The number of amides is 1. The van der Waals surface area contributed by atoms with Gasteiger partial charge in [-0.1, -0.05) is 0 Å². The number of hydrogen-bond donors (Lipinski definition) is 0. The average Bonchev–Trinajstić information content (AvgIpc) is 3.13. The Morgan fingerprint density at radius 3 is 2.65 bits per heavy atom. The van der Waals surface area contributed by atoms with Crippen LogP contribution in [-0.2, 0) is 13.0 Å². The van der Waals surface area contributed by atoms with Crippen LogP contribution in [0.4, 0.5) is 0 Å². The maximum absolute atomic E-state index is 12.7. The van der Waals surface area contributed by atoms with Crippen molar-refractivity contribution >= 4 is 17.2 Å². The standard InChI is InChI=1S/C16H15N5OS/c22-16(15-9-18-6-7-19-15)21(8-3-14-11-23-12-20-14)10-13-1-4-17-5-2-13/h1-2,4-7,9,11-12H,3,8,10H2. The van der Waals surface area contributed by atoms with Crippen molar-refractivity contribution in [2.45, 2.75) is 13.0 Å². The molecule has 0 N–H and O–H groups in total. The van der Waals surface area contributed by atoms with Crippen LogP contribution in [-0.4, -0.2) is 37.3 Å². The summed E-state index contributed by atoms with van der Waals surface area (Å²) >= 11 is 1.55. The van der Waals surface area contributed by atoms with Gasteiger partial charge < -0.3 is 4.90 Å². The topological polar surface area (TPSA) is 71.9 Å². The molecule has 1 amide bonds. The van der Waals surface area contributed by atoms with Crippen LogP contribution < -0.4 is 0 Å². The molecule has 3 rings (SSSR count). The van der Waals surface area contributed by atoms with Gasteiger partial charge >= 0.3 is 0 Å². The monoisotopic (exact) mass is 325 g/mol. The fourth-order valence-corrected chi connectivity index (χ4v) is 2.74. The molecule has 0 bridgehead atoms. The number of pyridine rings is 1. The number of rotatable bonds is 6. The first-order valence-corrected chi connectivity index (χ1v) is 8.08. The maximum Gasteiger partial charge on any atom is 0.274 e. The van der Waals surface area contributed by atoms with Crippen LogP contribution in [0.5, 0.6) is 0 Å². The van der Waals surface area contributed by atoms with Crippen LogP contribution in [0.25, 0.3) is 0 Å². The Kier molecular flexibility index (Phi) is 5.00. The van der Waals surface area contributed by atoms with E-state index in [-0.39, 0.29) is 5.91 Å². The lowest BCUT2D eigenvalue weighted by molar-refractivity contribution is 0.0738. The van der Waals surface area contributed by atoms with Crippen LogP contribution in [0.15, 0.2) is 54.0 Å². The highest BCUT2D eigenvalue weighted by molar-refractivity contribution is 7.07. The van der Waals surface area contributed by atoms with E-state index in [2.05, 4.69) is 19.9 Å². The lowest BCUT2D eigenvalue weighted by Crippen LogP contribution is -2.33. The van der Waals surface area contributed by atoms with Gasteiger partial charge in [-0.25, -0.2) is 9.97 Å². The minimum absolute atomic E-state index is 0.134. The lowest BCUT2D eigenvalue weighted by Gasteiger charge is -2.22. The minimum Gasteiger partial charge on any atom is -0.333 e. The Hall–Kier alpha value is -2.67. The summed E-state index contributed by atoms with van der Waals surface area (Å²) in [6.45, 7) is 1.07. The highest BCUT2D eigenvalue weighted by atomic mass is 32.1. The zero-order valence-electron chi connectivity index (χ0n) is 12.4. The molecule has 0 atom stereocenters. The molecule has 0 fully saturated rings. The van der Waals surface area contributed by atoms with E-state index >= 15 is 0 Å². The van der Waals surface area contributed by atoms with Crippen LogP contribution in [0.2, 0.25) is 0 Å². The van der Waals surface area contributed by atoms with Gasteiger partial charge in [0.1, 0.15) is 5.69 Å². The van der Waals surface area contributed by atoms with Gasteiger partial charge in [-0.2, -0.15) is 0 Å². The van der Waals surface area contributed by atoms with Crippen molar-refractivity contribution in [1.29, 1.82) is 0 Å². The Labute approximate surface area is 137 Å². The Morgan fingerprint density at radius 1 is 1.09 bits per heavy atom. The van der Waals surface area contributed by atoms with Crippen molar-refractivity contribution in [1.82, 2.24) is 24.8 Å². The van der Waals surface area contributed by atoms with Gasteiger partial charge in [-0.05, 0) is 17.7 Å². The molecule has 23 heavy (non-hydrogen) atoms. The van der Waals surface area contributed by atoms with Gasteiger partial charge in [-0.3, -0.25) is 14.8 Å². The van der Waals surface area contributed by atoms with E-state index in [0.717, 1.165) is 11.3 Å². The van der Waals surface area contributed by atoms with Crippen molar-refractivity contribution in [3.8, 4) is 0 Å². The largest absolute Gasteiger partial charge is 0.333 e. The summed E-state index contributed by atoms with van der Waals surface area (Å²) in [7, 11) is 0. The van der Waals surface area contributed by atoms with Gasteiger partial charge in [-0.15, -0.1) is 11.3 Å². The summed E-state index contributed by atoms with van der Waals surface area (Å²) in [5.74, 6) is -0.134. The maximum atomic E-state index is 12.7. The molecule has 0 aliphatic carbocycles. The summed E-state index contributed by atoms with van der Waals surface area (Å²) < 4.78 is 0. The first kappa shape index (κ1) is 15.2. The number of carbonyl (C=O) groups is 1. The zero-order chi connectivity index (χ0) is 15.9. The predicted octanol–water partition coefficient (Wildman–Crippen LogP) is 2.21. The van der Waals surface area contributed by atoms with Crippen molar-refractivity contribution in [3.05, 3.63) is 71.0 Å². The number of aromatic nitrogens is 4. The van der Waals surface area contributed by atoms with Gasteiger partial charge in [0.25, 0.3) is 5.91 Å². The van der Waals surface area contributed by atoms with E-state index in [0.29, 0.717) is 25.2 Å². The molecule has 3 heterocycles. The third-order valence-corrected chi connectivity index (χ3v) is 3.95. The van der Waals surface area contributed by atoms with E-state index in [1.54, 1.807) is 40.3 Å². The van der Waals surface area contributed by atoms with Crippen molar-refractivity contribution in [2.24, 2.45) is 0 Å². The first-order chi connectivity index (χ1) is 11.3. The molecule has 6 nitrogen and oxygen atoms in total. The molecule has 116 valence electrons. The van der Waals surface area contributed by atoms with E-state index in [1.807, 2.05) is 17.5 Å². The number of nitrogens with zero attached hydrogens (tertiary/aromatic N) is 5. The van der Waals surface area contributed by atoms with Crippen LogP contribution in [0, 0.1) is 0 Å². The van der Waals surface area contributed by atoms with Crippen molar-refractivity contribution in [2.75, 3.05) is 6.54 Å². The summed E-state index contributed by atoms with van der Waals surface area (Å²) in [4.78, 5) is 30.8. The third-order valence-electron chi connectivity index (χ3n) is 3.31. The van der Waals surface area contributed by atoms with Crippen LogP contribution in [0.1, 0.15) is 21.7 Å². The molecular weight excluding hydrogens is 310 g/mol. The summed E-state index contributed by atoms with van der Waals surface area (Å²) in [6.07, 6.45) is 8.73. The number of hydrogen-bond acceptors (Lipinski definition) is 6. The third kappa shape index (κ3) is 4.17. The first-order valence-electron chi connectivity index (χ1n) is 7.14.